The van der Waals surface area contributed by atoms with Crippen LogP contribution in [0.3, 0.4) is 0 Å². The lowest BCUT2D eigenvalue weighted by atomic mass is 9.68. The molecule has 0 saturated carbocycles. The Morgan fingerprint density at radius 2 is 0.449 bits per heavy atom. The molecule has 4 aromatic rings. The molecule has 0 aliphatic heterocycles. The Morgan fingerprint density at radius 1 is 0.290 bits per heavy atom. The molecule has 1 aromatic heterocycles. The van der Waals surface area contributed by atoms with E-state index in [1.807, 2.05) is 80.5 Å². The molecule has 0 bridgehead atoms. The van der Waals surface area contributed by atoms with Crippen LogP contribution in [0.4, 0.5) is 0 Å². The summed E-state index contributed by atoms with van der Waals surface area (Å²) in [4.78, 5) is 49.7. The van der Waals surface area contributed by atoms with Gasteiger partial charge in [-0.1, -0.05) is 205 Å². The summed E-state index contributed by atoms with van der Waals surface area (Å²) in [7, 11) is 0. The number of rotatable bonds is 6. The number of benzene rings is 3. The molecule has 3 aromatic carbocycles. The van der Waals surface area contributed by atoms with Crippen LogP contribution in [0.2, 0.25) is 0 Å². The minimum atomic E-state index is -0.952. The molecule has 0 aliphatic carbocycles. The lowest BCUT2D eigenvalue weighted by Crippen LogP contribution is -2.61. The van der Waals surface area contributed by atoms with Crippen LogP contribution in [-0.4, -0.2) is 29.0 Å². The van der Waals surface area contributed by atoms with Gasteiger partial charge in [-0.2, -0.15) is 0 Å². The Hall–Kier alpha value is -4.53. The van der Waals surface area contributed by atoms with E-state index in [1.165, 1.54) is 13.7 Å². The molecule has 3 N–H and O–H groups in total. The normalized spacial score (nSPS) is 15.3. The number of aromatic nitrogens is 3. The number of nitrogens with zero attached hydrogens (tertiary/aromatic N) is 3. The van der Waals surface area contributed by atoms with Gasteiger partial charge >= 0.3 is 17.1 Å². The van der Waals surface area contributed by atoms with E-state index >= 15 is 14.4 Å². The Morgan fingerprint density at radius 3 is 0.580 bits per heavy atom. The molecule has 0 fully saturated rings. The van der Waals surface area contributed by atoms with Crippen molar-refractivity contribution < 1.29 is 15.3 Å². The summed E-state index contributed by atoms with van der Waals surface area (Å²) >= 11 is 0. The van der Waals surface area contributed by atoms with Gasteiger partial charge in [-0.3, -0.25) is 0 Å². The molecule has 9 nitrogen and oxygen atoms in total. The van der Waals surface area contributed by atoms with Gasteiger partial charge < -0.3 is 15.3 Å². The smallest absolute Gasteiger partial charge is 0.337 e. The van der Waals surface area contributed by atoms with Crippen molar-refractivity contribution in [1.29, 1.82) is 0 Å². The molecule has 3 atom stereocenters. The molecule has 69 heavy (non-hydrogen) atoms. The van der Waals surface area contributed by atoms with E-state index in [9.17, 15) is 15.3 Å². The first-order valence-electron chi connectivity index (χ1n) is 25.1. The van der Waals surface area contributed by atoms with Gasteiger partial charge in [-0.05, 0) is 100 Å². The van der Waals surface area contributed by atoms with E-state index < -0.39 is 83.9 Å². The summed E-state index contributed by atoms with van der Waals surface area (Å²) < 4.78 is 4.03. The maximum Gasteiger partial charge on any atom is 0.337 e. The highest BCUT2D eigenvalue weighted by Crippen LogP contribution is 2.51. The van der Waals surface area contributed by atoms with E-state index in [2.05, 4.69) is 125 Å². The lowest BCUT2D eigenvalue weighted by Gasteiger charge is -2.43. The van der Waals surface area contributed by atoms with Gasteiger partial charge in [-0.15, -0.1) is 0 Å². The summed E-state index contributed by atoms with van der Waals surface area (Å²) in [5.41, 5.74) is -1.27. The fourth-order valence-electron chi connectivity index (χ4n) is 11.4. The Kier molecular flexibility index (Phi) is 14.6. The molecular formula is C60H93N3O6. The zero-order chi connectivity index (χ0) is 53.9. The predicted octanol–water partition coefficient (Wildman–Crippen LogP) is 14.0. The second-order valence-electron chi connectivity index (χ2n) is 29.5. The Labute approximate surface area is 416 Å². The first kappa shape index (κ1) is 57.1. The van der Waals surface area contributed by atoms with Crippen molar-refractivity contribution in [1.82, 2.24) is 13.7 Å². The van der Waals surface area contributed by atoms with Crippen molar-refractivity contribution in [3.05, 3.63) is 118 Å². The van der Waals surface area contributed by atoms with Gasteiger partial charge in [0.15, 0.2) is 0 Å². The molecule has 0 saturated heterocycles. The monoisotopic (exact) mass is 952 g/mol. The molecular weight excluding hydrogens is 859 g/mol. The van der Waals surface area contributed by atoms with Gasteiger partial charge in [0.25, 0.3) is 0 Å². The average molecular weight is 952 g/mol. The van der Waals surface area contributed by atoms with E-state index in [-0.39, 0.29) is 17.2 Å². The molecule has 0 aliphatic rings. The van der Waals surface area contributed by atoms with Crippen LogP contribution in [0.15, 0.2) is 50.8 Å². The lowest BCUT2D eigenvalue weighted by molar-refractivity contribution is 0.197. The SMILES string of the molecule is CC(C)(C)c1c(O)ccc(C(n2c(=O)n(C(c3ccc(O)c(C(C)(C)C)c3C(C)(C)C)C(C)(C)C)c(=O)n(C(c3ccc(O)c(C(C)(C)C)c3C(C)(C)C)C(C)(C)C)c2=O)C(C)(C)C)c1C(C)(C)C. The van der Waals surface area contributed by atoms with Crippen LogP contribution in [0.1, 0.15) is 255 Å². The van der Waals surface area contributed by atoms with Gasteiger partial charge in [0, 0.05) is 16.7 Å². The van der Waals surface area contributed by atoms with Crippen molar-refractivity contribution >= 4 is 0 Å². The summed E-state index contributed by atoms with van der Waals surface area (Å²) in [6.07, 6.45) is 0. The zero-order valence-electron chi connectivity index (χ0n) is 48.1. The zero-order valence-corrected chi connectivity index (χ0v) is 48.1. The number of aromatic hydroxyl groups is 3. The molecule has 4 rings (SSSR count). The van der Waals surface area contributed by atoms with Gasteiger partial charge in [-0.25, -0.2) is 28.1 Å². The summed E-state index contributed by atoms with van der Waals surface area (Å²) in [6, 6.07) is 7.76. The minimum absolute atomic E-state index is 0.132. The van der Waals surface area contributed by atoms with Gasteiger partial charge in [0.05, 0.1) is 18.1 Å². The Balaban J connectivity index is 2.62. The minimum Gasteiger partial charge on any atom is -0.508 e. The fourth-order valence-corrected chi connectivity index (χ4v) is 11.4. The fraction of sp³-hybridized carbons (Fsp3) is 0.650. The second kappa shape index (κ2) is 17.6. The molecule has 384 valence electrons. The largest absolute Gasteiger partial charge is 0.508 e. The van der Waals surface area contributed by atoms with Crippen LogP contribution in [0.25, 0.3) is 0 Å². The number of phenols is 3. The van der Waals surface area contributed by atoms with Crippen molar-refractivity contribution in [3.8, 4) is 17.2 Å². The standard InChI is InChI=1S/C60H93N3O6/c1-52(2,3)40-34(28-31-37(64)43(40)55(10,11)12)46(58(19,20)21)61-49(67)62(47(59(22,23)24)35-29-32-38(65)44(56(13,14)15)41(35)53(4,5)6)51(69)63(50(61)68)48(60(25,26)27)36-30-33-39(66)45(57(16,17)18)42(36)54(7,8)9/h28-33,46-48,64-66H,1-27H3. The molecule has 0 spiro atoms. The van der Waals surface area contributed by atoms with Crippen LogP contribution in [-0.2, 0) is 32.5 Å². The average Bonchev–Trinajstić information content (AvgIpc) is 3.09. The van der Waals surface area contributed by atoms with Crippen LogP contribution in [0.5, 0.6) is 17.2 Å². The maximum atomic E-state index is 16.6. The first-order chi connectivity index (χ1) is 30.5. The second-order valence-corrected chi connectivity index (χ2v) is 29.5. The van der Waals surface area contributed by atoms with Crippen molar-refractivity contribution in [2.75, 3.05) is 0 Å². The van der Waals surface area contributed by atoms with Crippen molar-refractivity contribution in [2.45, 2.75) is 238 Å². The Bertz CT molecular complexity index is 2430. The summed E-state index contributed by atoms with van der Waals surface area (Å²) in [5, 5.41) is 35.2. The van der Waals surface area contributed by atoms with Gasteiger partial charge in [0.1, 0.15) is 17.2 Å². The summed E-state index contributed by atoms with van der Waals surface area (Å²) in [5.74, 6) is 0.396. The molecule has 3 unspecified atom stereocenters. The number of hydrogen-bond acceptors (Lipinski definition) is 6. The number of phenolic OH excluding ortho intramolecular Hbond substituents is 3. The van der Waals surface area contributed by atoms with E-state index in [1.54, 1.807) is 18.2 Å². The number of hydrogen-bond donors (Lipinski definition) is 3. The predicted molar refractivity (Wildman–Crippen MR) is 289 cm³/mol. The first-order valence-corrected chi connectivity index (χ1v) is 25.1. The van der Waals surface area contributed by atoms with E-state index in [0.29, 0.717) is 16.7 Å². The molecule has 9 heteroatoms. The molecule has 1 heterocycles. The highest BCUT2D eigenvalue weighted by atomic mass is 16.3. The third kappa shape index (κ3) is 10.9. The third-order valence-electron chi connectivity index (χ3n) is 13.5. The molecule has 0 amide bonds. The van der Waals surface area contributed by atoms with Crippen LogP contribution < -0.4 is 17.1 Å². The highest BCUT2D eigenvalue weighted by molar-refractivity contribution is 5.55. The maximum absolute atomic E-state index is 16.6. The summed E-state index contributed by atoms with van der Waals surface area (Å²) in [6.45, 7) is 55.4. The molecule has 0 radical (unpaired) electrons. The van der Waals surface area contributed by atoms with Crippen LogP contribution in [0, 0.1) is 16.2 Å². The third-order valence-corrected chi connectivity index (χ3v) is 13.5. The van der Waals surface area contributed by atoms with Crippen LogP contribution >= 0.6 is 0 Å². The van der Waals surface area contributed by atoms with Crippen molar-refractivity contribution in [3.63, 3.8) is 0 Å². The highest BCUT2D eigenvalue weighted by Gasteiger charge is 2.46. The topological polar surface area (TPSA) is 127 Å². The van der Waals surface area contributed by atoms with E-state index in [4.69, 9.17) is 0 Å². The quantitative estimate of drug-likeness (QED) is 0.177. The van der Waals surface area contributed by atoms with Gasteiger partial charge in [0.2, 0.25) is 0 Å². The van der Waals surface area contributed by atoms with E-state index in [0.717, 1.165) is 33.4 Å². The van der Waals surface area contributed by atoms with Crippen molar-refractivity contribution in [2.24, 2.45) is 16.2 Å².